The Balaban J connectivity index is 2.19. The molecular weight excluding hydrogens is 333 g/mol. The van der Waals surface area contributed by atoms with E-state index in [4.69, 9.17) is 5.84 Å². The third-order valence-electron chi connectivity index (χ3n) is 2.10. The summed E-state index contributed by atoms with van der Waals surface area (Å²) in [5.41, 5.74) is 3.10. The van der Waals surface area contributed by atoms with E-state index in [0.717, 1.165) is 9.26 Å². The number of halogens is 1. The van der Waals surface area contributed by atoms with Gasteiger partial charge in [-0.15, -0.1) is 0 Å². The molecule has 7 heteroatoms. The first-order valence-corrected chi connectivity index (χ1v) is 5.92. The van der Waals surface area contributed by atoms with E-state index in [9.17, 15) is 4.79 Å². The minimum Gasteiger partial charge on any atom is -0.289 e. The lowest BCUT2D eigenvalue weighted by atomic mass is 10.3. The van der Waals surface area contributed by atoms with Crippen LogP contribution in [0.25, 0.3) is 0 Å². The summed E-state index contributed by atoms with van der Waals surface area (Å²) in [6, 6.07) is 5.21. The van der Waals surface area contributed by atoms with Crippen molar-refractivity contribution in [3.8, 4) is 0 Å². The topological polar surface area (TPSA) is 85.8 Å². The highest BCUT2D eigenvalue weighted by Gasteiger charge is 2.06. The Morgan fingerprint density at radius 3 is 3.00 bits per heavy atom. The highest BCUT2D eigenvalue weighted by Crippen LogP contribution is 2.05. The first kappa shape index (κ1) is 12.0. The lowest BCUT2D eigenvalue weighted by Gasteiger charge is -2.03. The molecule has 0 saturated carbocycles. The Morgan fingerprint density at radius 2 is 2.35 bits per heavy atom. The molecule has 88 valence electrons. The first-order chi connectivity index (χ1) is 8.19. The number of hydrazine groups is 1. The van der Waals surface area contributed by atoms with Crippen molar-refractivity contribution in [2.75, 3.05) is 0 Å². The van der Waals surface area contributed by atoms with Crippen LogP contribution in [0.2, 0.25) is 0 Å². The molecule has 0 spiro atoms. The van der Waals surface area contributed by atoms with Crippen molar-refractivity contribution >= 4 is 28.5 Å². The lowest BCUT2D eigenvalue weighted by Crippen LogP contribution is -2.30. The van der Waals surface area contributed by atoms with Gasteiger partial charge >= 0.3 is 0 Å². The van der Waals surface area contributed by atoms with E-state index in [1.54, 1.807) is 23.0 Å². The number of carbonyl (C=O) groups is 1. The Kier molecular flexibility index (Phi) is 3.69. The quantitative estimate of drug-likeness (QED) is 0.369. The maximum Gasteiger partial charge on any atom is 0.283 e. The van der Waals surface area contributed by atoms with Crippen molar-refractivity contribution in [1.82, 2.24) is 20.2 Å². The average molecular weight is 343 g/mol. The van der Waals surface area contributed by atoms with Gasteiger partial charge in [-0.3, -0.25) is 14.9 Å². The molecule has 2 aromatic rings. The van der Waals surface area contributed by atoms with Gasteiger partial charge in [-0.2, -0.15) is 5.10 Å². The second-order valence-corrected chi connectivity index (χ2v) is 4.59. The van der Waals surface area contributed by atoms with Crippen LogP contribution in [-0.4, -0.2) is 20.7 Å². The van der Waals surface area contributed by atoms with Gasteiger partial charge in [0.2, 0.25) is 0 Å². The Bertz CT molecular complexity index is 539. The van der Waals surface area contributed by atoms with Crippen LogP contribution in [0.3, 0.4) is 0 Å². The van der Waals surface area contributed by atoms with Gasteiger partial charge < -0.3 is 0 Å². The molecule has 0 unspecified atom stereocenters. The molecule has 0 aliphatic rings. The van der Waals surface area contributed by atoms with Crippen molar-refractivity contribution in [3.05, 3.63) is 45.6 Å². The number of carbonyl (C=O) groups excluding carboxylic acids is 1. The average Bonchev–Trinajstić information content (AvgIpc) is 2.74. The fourth-order valence-corrected chi connectivity index (χ4v) is 1.80. The Labute approximate surface area is 111 Å². The number of nitrogens with one attached hydrogen (secondary N) is 1. The van der Waals surface area contributed by atoms with Gasteiger partial charge in [0.05, 0.1) is 22.0 Å². The van der Waals surface area contributed by atoms with Crippen LogP contribution in [0, 0.1) is 3.57 Å². The van der Waals surface area contributed by atoms with E-state index < -0.39 is 5.91 Å². The van der Waals surface area contributed by atoms with Crippen LogP contribution >= 0.6 is 22.6 Å². The molecule has 2 rings (SSSR count). The Morgan fingerprint density at radius 1 is 1.53 bits per heavy atom. The monoisotopic (exact) mass is 343 g/mol. The molecule has 0 aromatic carbocycles. The molecule has 3 N–H and O–H groups in total. The van der Waals surface area contributed by atoms with Gasteiger partial charge in [0.15, 0.2) is 0 Å². The number of amides is 1. The SMILES string of the molecule is NNC(=O)c1cccc(Cn2cc(I)cn2)n1. The Hall–Kier alpha value is -1.48. The summed E-state index contributed by atoms with van der Waals surface area (Å²) in [6.07, 6.45) is 3.66. The number of hydrogen-bond donors (Lipinski definition) is 2. The predicted octanol–water partition coefficient (Wildman–Crippen LogP) is 0.534. The minimum absolute atomic E-state index is 0.298. The van der Waals surface area contributed by atoms with Crippen molar-refractivity contribution < 1.29 is 4.79 Å². The number of rotatable bonds is 3. The summed E-state index contributed by atoms with van der Waals surface area (Å²) < 4.78 is 2.81. The third-order valence-corrected chi connectivity index (χ3v) is 2.65. The van der Waals surface area contributed by atoms with E-state index in [0.29, 0.717) is 12.2 Å². The van der Waals surface area contributed by atoms with E-state index >= 15 is 0 Å². The smallest absolute Gasteiger partial charge is 0.283 e. The molecule has 0 fully saturated rings. The zero-order chi connectivity index (χ0) is 12.3. The van der Waals surface area contributed by atoms with Crippen LogP contribution in [0.4, 0.5) is 0 Å². The molecule has 1 amide bonds. The molecule has 2 aromatic heterocycles. The van der Waals surface area contributed by atoms with Gasteiger partial charge in [-0.25, -0.2) is 10.8 Å². The van der Waals surface area contributed by atoms with Crippen molar-refractivity contribution in [3.63, 3.8) is 0 Å². The maximum atomic E-state index is 11.3. The minimum atomic E-state index is -0.401. The van der Waals surface area contributed by atoms with Crippen LogP contribution in [0.15, 0.2) is 30.6 Å². The van der Waals surface area contributed by atoms with E-state index in [1.165, 1.54) is 0 Å². The molecular formula is C10H10IN5O. The van der Waals surface area contributed by atoms with Crippen molar-refractivity contribution in [1.29, 1.82) is 0 Å². The van der Waals surface area contributed by atoms with Crippen LogP contribution in [0.1, 0.15) is 16.2 Å². The highest BCUT2D eigenvalue weighted by atomic mass is 127. The van der Waals surface area contributed by atoms with E-state index in [1.807, 2.05) is 12.3 Å². The summed E-state index contributed by atoms with van der Waals surface area (Å²) in [5.74, 6) is 4.65. The van der Waals surface area contributed by atoms with Crippen LogP contribution < -0.4 is 11.3 Å². The van der Waals surface area contributed by atoms with Crippen LogP contribution in [-0.2, 0) is 6.54 Å². The molecule has 0 aliphatic carbocycles. The van der Waals surface area contributed by atoms with Gasteiger partial charge in [0.1, 0.15) is 5.69 Å². The largest absolute Gasteiger partial charge is 0.289 e. The second kappa shape index (κ2) is 5.23. The van der Waals surface area contributed by atoms with Gasteiger partial charge in [-0.05, 0) is 34.7 Å². The summed E-state index contributed by atoms with van der Waals surface area (Å²) in [7, 11) is 0. The summed E-state index contributed by atoms with van der Waals surface area (Å²) in [6.45, 7) is 0.523. The summed E-state index contributed by atoms with van der Waals surface area (Å²) in [4.78, 5) is 15.5. The number of pyridine rings is 1. The number of nitrogen functional groups attached to an aromatic ring is 1. The molecule has 2 heterocycles. The maximum absolute atomic E-state index is 11.3. The molecule has 6 nitrogen and oxygen atoms in total. The second-order valence-electron chi connectivity index (χ2n) is 3.34. The number of nitrogens with zero attached hydrogens (tertiary/aromatic N) is 3. The number of nitrogens with two attached hydrogens (primary N) is 1. The molecule has 0 atom stereocenters. The fraction of sp³-hybridized carbons (Fsp3) is 0.100. The molecule has 0 bridgehead atoms. The van der Waals surface area contributed by atoms with Crippen LogP contribution in [0.5, 0.6) is 0 Å². The summed E-state index contributed by atoms with van der Waals surface area (Å²) >= 11 is 2.18. The van der Waals surface area contributed by atoms with Gasteiger partial charge in [0.25, 0.3) is 5.91 Å². The normalized spacial score (nSPS) is 10.2. The number of hydrogen-bond acceptors (Lipinski definition) is 4. The van der Waals surface area contributed by atoms with E-state index in [2.05, 4.69) is 38.1 Å². The summed E-state index contributed by atoms with van der Waals surface area (Å²) in [5, 5.41) is 4.15. The van der Waals surface area contributed by atoms with E-state index in [-0.39, 0.29) is 0 Å². The highest BCUT2D eigenvalue weighted by molar-refractivity contribution is 14.1. The number of aromatic nitrogens is 3. The third kappa shape index (κ3) is 3.01. The first-order valence-electron chi connectivity index (χ1n) is 4.84. The lowest BCUT2D eigenvalue weighted by molar-refractivity contribution is 0.0948. The van der Waals surface area contributed by atoms with Gasteiger partial charge in [0, 0.05) is 6.20 Å². The predicted molar refractivity (Wildman–Crippen MR) is 69.9 cm³/mol. The zero-order valence-electron chi connectivity index (χ0n) is 8.80. The molecule has 0 aliphatic heterocycles. The molecule has 0 radical (unpaired) electrons. The molecule has 0 saturated heterocycles. The fourth-order valence-electron chi connectivity index (χ4n) is 1.36. The zero-order valence-corrected chi connectivity index (χ0v) is 11.0. The van der Waals surface area contributed by atoms with Gasteiger partial charge in [-0.1, -0.05) is 6.07 Å². The van der Waals surface area contributed by atoms with Crippen molar-refractivity contribution in [2.24, 2.45) is 5.84 Å². The molecule has 17 heavy (non-hydrogen) atoms. The standard InChI is InChI=1S/C10H10IN5O/c11-7-4-13-16(5-7)6-8-2-1-3-9(14-8)10(17)15-12/h1-5H,6,12H2,(H,15,17). The van der Waals surface area contributed by atoms with Crippen molar-refractivity contribution in [2.45, 2.75) is 6.54 Å².